The Morgan fingerprint density at radius 1 is 1.26 bits per heavy atom. The third kappa shape index (κ3) is 5.19. The highest BCUT2D eigenvalue weighted by atomic mass is 35.5. The van der Waals surface area contributed by atoms with Crippen LogP contribution in [0.5, 0.6) is 0 Å². The van der Waals surface area contributed by atoms with Crippen molar-refractivity contribution >= 4 is 29.2 Å². The largest absolute Gasteiger partial charge is 0.367 e. The van der Waals surface area contributed by atoms with Crippen molar-refractivity contribution in [2.75, 3.05) is 16.8 Å². The molecule has 0 bridgehead atoms. The number of hydrogen-bond acceptors (Lipinski definition) is 4. The summed E-state index contributed by atoms with van der Waals surface area (Å²) >= 11 is 8.14. The van der Waals surface area contributed by atoms with Gasteiger partial charge in [0.2, 0.25) is 0 Å². The van der Waals surface area contributed by atoms with Crippen molar-refractivity contribution in [1.82, 2.24) is 9.97 Å². The first-order chi connectivity index (χ1) is 8.95. The molecule has 0 aliphatic heterocycles. The van der Waals surface area contributed by atoms with E-state index in [0.717, 1.165) is 23.6 Å². The predicted molar refractivity (Wildman–Crippen MR) is 86.6 cm³/mol. The van der Waals surface area contributed by atoms with Crippen molar-refractivity contribution in [2.24, 2.45) is 0 Å². The van der Waals surface area contributed by atoms with E-state index < -0.39 is 0 Å². The lowest BCUT2D eigenvalue weighted by Crippen LogP contribution is -2.19. The van der Waals surface area contributed by atoms with Crippen LogP contribution in [0, 0.1) is 6.92 Å². The monoisotopic (exact) mass is 301 g/mol. The smallest absolute Gasteiger partial charge is 0.137 e. The maximum Gasteiger partial charge on any atom is 0.137 e. The molecule has 19 heavy (non-hydrogen) atoms. The van der Waals surface area contributed by atoms with Gasteiger partial charge in [-0.3, -0.25) is 0 Å². The second kappa shape index (κ2) is 7.95. The molecule has 3 nitrogen and oxygen atoms in total. The van der Waals surface area contributed by atoms with Crippen LogP contribution in [0.25, 0.3) is 0 Å². The molecule has 1 aromatic heterocycles. The molecule has 5 heteroatoms. The molecule has 0 radical (unpaired) electrons. The zero-order valence-corrected chi connectivity index (χ0v) is 14.0. The molecule has 0 aliphatic carbocycles. The predicted octanol–water partition coefficient (Wildman–Crippen LogP) is 4.51. The first kappa shape index (κ1) is 16.6. The standard InChI is InChI=1S/C14H24ClN3S/c1-6-19-8-7-10(4)16-14-11(5)12(15)17-13(18-14)9(2)3/h9-10H,6-8H2,1-5H3,(H,16,17,18). The van der Waals surface area contributed by atoms with Gasteiger partial charge in [-0.05, 0) is 31.8 Å². The van der Waals surface area contributed by atoms with Crippen LogP contribution in [0.2, 0.25) is 5.15 Å². The van der Waals surface area contributed by atoms with Gasteiger partial charge in [-0.25, -0.2) is 9.97 Å². The first-order valence-corrected chi connectivity index (χ1v) is 8.37. The van der Waals surface area contributed by atoms with E-state index in [-0.39, 0.29) is 5.92 Å². The minimum atomic E-state index is 0.282. The molecule has 1 atom stereocenters. The molecule has 0 amide bonds. The van der Waals surface area contributed by atoms with Crippen molar-refractivity contribution < 1.29 is 0 Å². The quantitative estimate of drug-likeness (QED) is 0.594. The molecule has 0 aliphatic rings. The number of nitrogens with one attached hydrogen (secondary N) is 1. The molecule has 1 rings (SSSR count). The van der Waals surface area contributed by atoms with Crippen LogP contribution in [0.15, 0.2) is 0 Å². The topological polar surface area (TPSA) is 37.8 Å². The summed E-state index contributed by atoms with van der Waals surface area (Å²) in [6, 6.07) is 0.392. The molecular weight excluding hydrogens is 278 g/mol. The van der Waals surface area contributed by atoms with E-state index in [0.29, 0.717) is 11.2 Å². The van der Waals surface area contributed by atoms with Crippen molar-refractivity contribution in [2.45, 2.75) is 53.0 Å². The molecule has 0 spiro atoms. The average Bonchev–Trinajstić information content (AvgIpc) is 2.34. The minimum Gasteiger partial charge on any atom is -0.367 e. The van der Waals surface area contributed by atoms with E-state index in [4.69, 9.17) is 11.6 Å². The van der Waals surface area contributed by atoms with Gasteiger partial charge in [0.1, 0.15) is 16.8 Å². The lowest BCUT2D eigenvalue weighted by Gasteiger charge is -2.17. The van der Waals surface area contributed by atoms with Crippen LogP contribution >= 0.6 is 23.4 Å². The molecule has 0 saturated carbocycles. The van der Waals surface area contributed by atoms with Crippen molar-refractivity contribution in [1.29, 1.82) is 0 Å². The highest BCUT2D eigenvalue weighted by Gasteiger charge is 2.13. The van der Waals surface area contributed by atoms with E-state index in [1.165, 1.54) is 11.5 Å². The van der Waals surface area contributed by atoms with Crippen molar-refractivity contribution in [3.63, 3.8) is 0 Å². The van der Waals surface area contributed by atoms with Gasteiger partial charge in [0.05, 0.1) is 0 Å². The van der Waals surface area contributed by atoms with Gasteiger partial charge >= 0.3 is 0 Å². The van der Waals surface area contributed by atoms with Crippen LogP contribution in [0.4, 0.5) is 5.82 Å². The number of hydrogen-bond donors (Lipinski definition) is 1. The number of halogens is 1. The number of anilines is 1. The summed E-state index contributed by atoms with van der Waals surface area (Å²) in [6.45, 7) is 10.5. The van der Waals surface area contributed by atoms with Crippen molar-refractivity contribution in [3.8, 4) is 0 Å². The Kier molecular flexibility index (Phi) is 6.94. The molecule has 1 aromatic rings. The Morgan fingerprint density at radius 3 is 2.53 bits per heavy atom. The Labute approximate surface area is 125 Å². The summed E-state index contributed by atoms with van der Waals surface area (Å²) < 4.78 is 0. The summed E-state index contributed by atoms with van der Waals surface area (Å²) in [5, 5.41) is 4.01. The van der Waals surface area contributed by atoms with Crippen LogP contribution in [-0.2, 0) is 0 Å². The normalized spacial score (nSPS) is 12.8. The highest BCUT2D eigenvalue weighted by molar-refractivity contribution is 7.99. The minimum absolute atomic E-state index is 0.282. The first-order valence-electron chi connectivity index (χ1n) is 6.84. The van der Waals surface area contributed by atoms with E-state index in [2.05, 4.69) is 43.0 Å². The Hall–Kier alpha value is -0.480. The summed E-state index contributed by atoms with van der Waals surface area (Å²) in [6.07, 6.45) is 1.12. The number of rotatable bonds is 7. The molecular formula is C14H24ClN3S. The Morgan fingerprint density at radius 2 is 1.95 bits per heavy atom. The third-order valence-electron chi connectivity index (χ3n) is 2.90. The van der Waals surface area contributed by atoms with Gasteiger partial charge in [0.25, 0.3) is 0 Å². The van der Waals surface area contributed by atoms with Crippen molar-refractivity contribution in [3.05, 3.63) is 16.5 Å². The van der Waals surface area contributed by atoms with Gasteiger partial charge < -0.3 is 5.32 Å². The summed E-state index contributed by atoms with van der Waals surface area (Å²) in [7, 11) is 0. The summed E-state index contributed by atoms with van der Waals surface area (Å²) in [4.78, 5) is 8.91. The zero-order chi connectivity index (χ0) is 14.4. The molecule has 1 unspecified atom stereocenters. The van der Waals surface area contributed by atoms with E-state index in [9.17, 15) is 0 Å². The van der Waals surface area contributed by atoms with E-state index in [1.807, 2.05) is 18.7 Å². The Bertz CT molecular complexity index is 410. The molecule has 0 aromatic carbocycles. The van der Waals surface area contributed by atoms with Crippen LogP contribution < -0.4 is 5.32 Å². The van der Waals surface area contributed by atoms with Crippen LogP contribution in [0.1, 0.15) is 51.4 Å². The number of thioether (sulfide) groups is 1. The fraction of sp³-hybridized carbons (Fsp3) is 0.714. The molecule has 0 saturated heterocycles. The average molecular weight is 302 g/mol. The maximum atomic E-state index is 6.18. The highest BCUT2D eigenvalue weighted by Crippen LogP contribution is 2.23. The van der Waals surface area contributed by atoms with E-state index in [1.54, 1.807) is 0 Å². The van der Waals surface area contributed by atoms with Gasteiger partial charge in [-0.2, -0.15) is 11.8 Å². The lowest BCUT2D eigenvalue weighted by atomic mass is 10.2. The summed E-state index contributed by atoms with van der Waals surface area (Å²) in [5.41, 5.74) is 0.932. The van der Waals surface area contributed by atoms with Gasteiger partial charge in [-0.15, -0.1) is 0 Å². The second-order valence-corrected chi connectivity index (χ2v) is 6.78. The fourth-order valence-corrected chi connectivity index (χ4v) is 2.60. The summed E-state index contributed by atoms with van der Waals surface area (Å²) in [5.74, 6) is 4.29. The molecule has 108 valence electrons. The Balaban J connectivity index is 2.76. The fourth-order valence-electron chi connectivity index (χ4n) is 1.61. The van der Waals surface area contributed by atoms with Crippen LogP contribution in [-0.4, -0.2) is 27.5 Å². The SMILES string of the molecule is CCSCCC(C)Nc1nc(C(C)C)nc(Cl)c1C. The molecule has 1 heterocycles. The third-order valence-corrected chi connectivity index (χ3v) is 4.20. The number of aromatic nitrogens is 2. The number of nitrogens with zero attached hydrogens (tertiary/aromatic N) is 2. The lowest BCUT2D eigenvalue weighted by molar-refractivity contribution is 0.742. The second-order valence-electron chi connectivity index (χ2n) is 5.03. The van der Waals surface area contributed by atoms with E-state index >= 15 is 0 Å². The maximum absolute atomic E-state index is 6.18. The zero-order valence-electron chi connectivity index (χ0n) is 12.5. The van der Waals surface area contributed by atoms with Crippen LogP contribution in [0.3, 0.4) is 0 Å². The molecule has 0 fully saturated rings. The van der Waals surface area contributed by atoms with Gasteiger partial charge in [0.15, 0.2) is 0 Å². The van der Waals surface area contributed by atoms with Gasteiger partial charge in [-0.1, -0.05) is 32.4 Å². The molecule has 1 N–H and O–H groups in total. The van der Waals surface area contributed by atoms with Gasteiger partial charge in [0, 0.05) is 17.5 Å².